The maximum Gasteiger partial charge on any atom is 0.125 e. The summed E-state index contributed by atoms with van der Waals surface area (Å²) in [4.78, 5) is 2.24. The molecule has 2 nitrogen and oxygen atoms in total. The second-order valence-corrected chi connectivity index (χ2v) is 5.36. The molecule has 17 heavy (non-hydrogen) atoms. The van der Waals surface area contributed by atoms with Gasteiger partial charge in [-0.2, -0.15) is 0 Å². The number of halogens is 1. The molecule has 0 amide bonds. The third kappa shape index (κ3) is 1.64. The Balaban J connectivity index is 2.07. The molecule has 1 aliphatic heterocycles. The van der Waals surface area contributed by atoms with Crippen molar-refractivity contribution < 1.29 is 4.39 Å². The lowest BCUT2D eigenvalue weighted by atomic mass is 9.74. The first-order valence-electron chi connectivity index (χ1n) is 6.46. The molecule has 2 N–H and O–H groups in total. The highest BCUT2D eigenvalue weighted by Gasteiger charge is 2.39. The van der Waals surface area contributed by atoms with E-state index in [1.54, 1.807) is 6.07 Å². The van der Waals surface area contributed by atoms with Crippen LogP contribution in [-0.2, 0) is 0 Å². The number of nitrogens with two attached hydrogens (primary N) is 1. The van der Waals surface area contributed by atoms with Crippen molar-refractivity contribution in [2.45, 2.75) is 37.8 Å². The highest BCUT2D eigenvalue weighted by Crippen LogP contribution is 2.44. The minimum Gasteiger partial charge on any atom is -0.371 e. The van der Waals surface area contributed by atoms with Gasteiger partial charge in [0.2, 0.25) is 0 Å². The zero-order valence-electron chi connectivity index (χ0n) is 10.2. The Morgan fingerprint density at radius 2 is 2.06 bits per heavy atom. The molecule has 0 bridgehead atoms. The van der Waals surface area contributed by atoms with Gasteiger partial charge in [0.1, 0.15) is 5.82 Å². The molecule has 1 aromatic carbocycles. The van der Waals surface area contributed by atoms with Crippen molar-refractivity contribution >= 4 is 5.69 Å². The first-order valence-corrected chi connectivity index (χ1v) is 6.46. The number of anilines is 1. The van der Waals surface area contributed by atoms with Crippen molar-refractivity contribution in [2.24, 2.45) is 11.7 Å². The van der Waals surface area contributed by atoms with Crippen molar-refractivity contribution in [2.75, 3.05) is 11.9 Å². The van der Waals surface area contributed by atoms with Crippen LogP contribution in [0.5, 0.6) is 0 Å². The van der Waals surface area contributed by atoms with Crippen LogP contribution >= 0.6 is 0 Å². The van der Waals surface area contributed by atoms with Gasteiger partial charge < -0.3 is 10.6 Å². The fourth-order valence-corrected chi connectivity index (χ4v) is 3.55. The summed E-state index contributed by atoms with van der Waals surface area (Å²) in [5, 5.41) is 0. The molecule has 3 heteroatoms. The SMILES string of the molecule is CN1c2cc(F)ccc2C(N)C2CCCCC21. The molecule has 92 valence electrons. The fourth-order valence-electron chi connectivity index (χ4n) is 3.55. The lowest BCUT2D eigenvalue weighted by molar-refractivity contribution is 0.246. The average molecular weight is 234 g/mol. The quantitative estimate of drug-likeness (QED) is 0.748. The van der Waals surface area contributed by atoms with E-state index in [2.05, 4.69) is 11.9 Å². The third-order valence-electron chi connectivity index (χ3n) is 4.47. The normalized spacial score (nSPS) is 31.9. The van der Waals surface area contributed by atoms with Gasteiger partial charge in [-0.05, 0) is 36.5 Å². The molecule has 0 saturated heterocycles. The van der Waals surface area contributed by atoms with E-state index >= 15 is 0 Å². The van der Waals surface area contributed by atoms with Crippen LogP contribution in [0.25, 0.3) is 0 Å². The van der Waals surface area contributed by atoms with Crippen LogP contribution in [0, 0.1) is 11.7 Å². The van der Waals surface area contributed by atoms with E-state index in [9.17, 15) is 4.39 Å². The van der Waals surface area contributed by atoms with E-state index in [4.69, 9.17) is 5.73 Å². The first-order chi connectivity index (χ1) is 8.18. The van der Waals surface area contributed by atoms with Gasteiger partial charge in [-0.1, -0.05) is 18.9 Å². The number of fused-ring (bicyclic) bond motifs is 2. The molecule has 3 atom stereocenters. The summed E-state index contributed by atoms with van der Waals surface area (Å²) in [6.07, 6.45) is 4.93. The summed E-state index contributed by atoms with van der Waals surface area (Å²) in [5.41, 5.74) is 8.46. The standard InChI is InChI=1S/C14H19FN2/c1-17-12-5-3-2-4-10(12)14(16)11-7-6-9(15)8-13(11)17/h6-8,10,12,14H,2-5,16H2,1H3. The van der Waals surface area contributed by atoms with Gasteiger partial charge in [0.05, 0.1) is 0 Å². The van der Waals surface area contributed by atoms with Gasteiger partial charge in [-0.15, -0.1) is 0 Å². The van der Waals surface area contributed by atoms with Crippen LogP contribution in [0.15, 0.2) is 18.2 Å². The zero-order chi connectivity index (χ0) is 12.0. The van der Waals surface area contributed by atoms with Gasteiger partial charge in [0, 0.05) is 24.8 Å². The van der Waals surface area contributed by atoms with Crippen molar-refractivity contribution in [3.63, 3.8) is 0 Å². The van der Waals surface area contributed by atoms with E-state index in [1.807, 2.05) is 6.07 Å². The Morgan fingerprint density at radius 3 is 2.88 bits per heavy atom. The molecule has 1 fully saturated rings. The fraction of sp³-hybridized carbons (Fsp3) is 0.571. The molecule has 3 rings (SSSR count). The number of nitrogens with zero attached hydrogens (tertiary/aromatic N) is 1. The van der Waals surface area contributed by atoms with E-state index in [1.165, 1.54) is 31.7 Å². The second kappa shape index (κ2) is 3.98. The minimum absolute atomic E-state index is 0.0760. The van der Waals surface area contributed by atoms with Gasteiger partial charge >= 0.3 is 0 Å². The summed E-state index contributed by atoms with van der Waals surface area (Å²) in [5.74, 6) is 0.365. The Morgan fingerprint density at radius 1 is 1.29 bits per heavy atom. The van der Waals surface area contributed by atoms with E-state index < -0.39 is 0 Å². The molecule has 0 aromatic heterocycles. The molecule has 0 spiro atoms. The number of hydrogen-bond acceptors (Lipinski definition) is 2. The first kappa shape index (κ1) is 11.0. The lowest BCUT2D eigenvalue weighted by Crippen LogP contribution is -2.48. The highest BCUT2D eigenvalue weighted by atomic mass is 19.1. The molecule has 0 radical (unpaired) electrons. The van der Waals surface area contributed by atoms with E-state index in [-0.39, 0.29) is 11.9 Å². The molecule has 1 saturated carbocycles. The molecule has 1 aromatic rings. The van der Waals surface area contributed by atoms with Crippen molar-refractivity contribution in [3.05, 3.63) is 29.6 Å². The van der Waals surface area contributed by atoms with Crippen molar-refractivity contribution in [1.29, 1.82) is 0 Å². The molecular formula is C14H19FN2. The maximum absolute atomic E-state index is 13.4. The van der Waals surface area contributed by atoms with Gasteiger partial charge in [-0.3, -0.25) is 0 Å². The molecular weight excluding hydrogens is 215 g/mol. The monoisotopic (exact) mass is 234 g/mol. The van der Waals surface area contributed by atoms with Crippen LogP contribution in [0.4, 0.5) is 10.1 Å². The Bertz CT molecular complexity index is 432. The zero-order valence-corrected chi connectivity index (χ0v) is 10.2. The predicted molar refractivity (Wildman–Crippen MR) is 67.5 cm³/mol. The molecule has 1 aliphatic carbocycles. The molecule has 3 unspecified atom stereocenters. The average Bonchev–Trinajstić information content (AvgIpc) is 2.36. The summed E-state index contributed by atoms with van der Waals surface area (Å²) in [7, 11) is 2.08. The Kier molecular flexibility index (Phi) is 2.58. The number of rotatable bonds is 0. The van der Waals surface area contributed by atoms with Crippen LogP contribution in [-0.4, -0.2) is 13.1 Å². The predicted octanol–water partition coefficient (Wildman–Crippen LogP) is 2.83. The molecule has 2 aliphatic rings. The summed E-state index contributed by atoms with van der Waals surface area (Å²) in [6.45, 7) is 0. The maximum atomic E-state index is 13.4. The van der Waals surface area contributed by atoms with E-state index in [0.717, 1.165) is 11.3 Å². The summed E-state index contributed by atoms with van der Waals surface area (Å²) >= 11 is 0. The lowest BCUT2D eigenvalue weighted by Gasteiger charge is -2.47. The minimum atomic E-state index is -0.169. The molecule has 1 heterocycles. The van der Waals surface area contributed by atoms with Gasteiger partial charge in [-0.25, -0.2) is 4.39 Å². The summed E-state index contributed by atoms with van der Waals surface area (Å²) in [6, 6.07) is 5.58. The van der Waals surface area contributed by atoms with Crippen LogP contribution < -0.4 is 10.6 Å². The highest BCUT2D eigenvalue weighted by molar-refractivity contribution is 5.58. The summed E-state index contributed by atoms with van der Waals surface area (Å²) < 4.78 is 13.4. The van der Waals surface area contributed by atoms with Crippen LogP contribution in [0.2, 0.25) is 0 Å². The topological polar surface area (TPSA) is 29.3 Å². The van der Waals surface area contributed by atoms with Crippen molar-refractivity contribution in [1.82, 2.24) is 0 Å². The largest absolute Gasteiger partial charge is 0.371 e. The second-order valence-electron chi connectivity index (χ2n) is 5.36. The number of hydrogen-bond donors (Lipinski definition) is 1. The van der Waals surface area contributed by atoms with Gasteiger partial charge in [0.15, 0.2) is 0 Å². The number of benzene rings is 1. The third-order valence-corrected chi connectivity index (χ3v) is 4.47. The van der Waals surface area contributed by atoms with Crippen LogP contribution in [0.1, 0.15) is 37.3 Å². The Hall–Kier alpha value is -1.09. The smallest absolute Gasteiger partial charge is 0.125 e. The van der Waals surface area contributed by atoms with Crippen molar-refractivity contribution in [3.8, 4) is 0 Å². The van der Waals surface area contributed by atoms with Crippen LogP contribution in [0.3, 0.4) is 0 Å². The van der Waals surface area contributed by atoms with Gasteiger partial charge in [0.25, 0.3) is 0 Å². The Labute approximate surface area is 102 Å². The van der Waals surface area contributed by atoms with E-state index in [0.29, 0.717) is 12.0 Å².